The average molecular weight is 284 g/mol. The summed E-state index contributed by atoms with van der Waals surface area (Å²) in [5.41, 5.74) is -0.649. The van der Waals surface area contributed by atoms with Crippen LogP contribution in [0.4, 0.5) is 0 Å². The molecule has 2 N–H and O–H groups in total. The zero-order chi connectivity index (χ0) is 16.0. The average Bonchev–Trinajstić information content (AvgIpc) is 2.30. The number of unbranched alkanes of at least 4 members (excludes halogenated alkanes) is 1. The van der Waals surface area contributed by atoms with Crippen molar-refractivity contribution in [2.24, 2.45) is 10.8 Å². The van der Waals surface area contributed by atoms with E-state index in [1.54, 1.807) is 0 Å². The van der Waals surface area contributed by atoms with Crippen LogP contribution in [0.15, 0.2) is 0 Å². The second-order valence-corrected chi connectivity index (χ2v) is 7.46. The molecule has 0 fully saturated rings. The van der Waals surface area contributed by atoms with Crippen LogP contribution in [0.3, 0.4) is 0 Å². The summed E-state index contributed by atoms with van der Waals surface area (Å²) in [6.45, 7) is 12.2. The molecule has 0 radical (unpaired) electrons. The highest BCUT2D eigenvalue weighted by atomic mass is 16.2. The van der Waals surface area contributed by atoms with Crippen molar-refractivity contribution in [3.63, 3.8) is 0 Å². The van der Waals surface area contributed by atoms with E-state index in [0.717, 1.165) is 19.3 Å². The van der Waals surface area contributed by atoms with E-state index in [4.69, 9.17) is 0 Å². The molecule has 0 aromatic carbocycles. The lowest BCUT2D eigenvalue weighted by atomic mass is 9.85. The van der Waals surface area contributed by atoms with E-state index in [2.05, 4.69) is 10.6 Å². The summed E-state index contributed by atoms with van der Waals surface area (Å²) in [5.74, 6) is 0.326. The van der Waals surface area contributed by atoms with Crippen molar-refractivity contribution in [2.45, 2.75) is 66.8 Å². The first kappa shape index (κ1) is 19.1. The van der Waals surface area contributed by atoms with Crippen LogP contribution >= 0.6 is 0 Å². The highest BCUT2D eigenvalue weighted by Crippen LogP contribution is 2.19. The number of hydrogen-bond donors (Lipinski definition) is 2. The highest BCUT2D eigenvalue weighted by molar-refractivity contribution is 5.88. The van der Waals surface area contributed by atoms with Gasteiger partial charge >= 0.3 is 0 Å². The molecule has 0 aromatic rings. The summed E-state index contributed by atoms with van der Waals surface area (Å²) >= 11 is 0. The normalized spacial score (nSPS) is 13.9. The lowest BCUT2D eigenvalue weighted by molar-refractivity contribution is -0.129. The molecule has 0 saturated heterocycles. The summed E-state index contributed by atoms with van der Waals surface area (Å²) in [6, 6.07) is -0.0895. The third kappa shape index (κ3) is 7.04. The molecule has 0 aromatic heterocycles. The van der Waals surface area contributed by atoms with Gasteiger partial charge in [0.1, 0.15) is 0 Å². The molecule has 4 heteroatoms. The van der Waals surface area contributed by atoms with Crippen molar-refractivity contribution >= 4 is 11.7 Å². The van der Waals surface area contributed by atoms with Crippen LogP contribution in [0.25, 0.3) is 0 Å². The first-order valence-electron chi connectivity index (χ1n) is 7.50. The molecule has 0 aliphatic heterocycles. The fraction of sp³-hybridized carbons (Fsp3) is 0.875. The second kappa shape index (κ2) is 7.77. The maximum absolute atomic E-state index is 12.2. The number of Topliss-reactive ketones (excluding diaryl/α,β-unsaturated/α-hetero) is 1. The zero-order valence-electron chi connectivity index (χ0n) is 14.2. The lowest BCUT2D eigenvalue weighted by Gasteiger charge is -2.24. The summed E-state index contributed by atoms with van der Waals surface area (Å²) in [7, 11) is 1.83. The Bertz CT molecular complexity index is 324. The van der Waals surface area contributed by atoms with Gasteiger partial charge in [0.05, 0.1) is 6.04 Å². The minimum atomic E-state index is -0.338. The van der Waals surface area contributed by atoms with E-state index in [0.29, 0.717) is 6.54 Å². The standard InChI is InChI=1S/C16H32N2O2/c1-15(2,3)13(19)12(17-7)10-8-9-11-18-14(20)16(4,5)6/h12,17H,8-11H2,1-7H3,(H,18,20). The van der Waals surface area contributed by atoms with Crippen molar-refractivity contribution in [1.29, 1.82) is 0 Å². The van der Waals surface area contributed by atoms with Gasteiger partial charge in [-0.2, -0.15) is 0 Å². The smallest absolute Gasteiger partial charge is 0.225 e. The van der Waals surface area contributed by atoms with E-state index in [9.17, 15) is 9.59 Å². The molecule has 4 nitrogen and oxygen atoms in total. The van der Waals surface area contributed by atoms with Gasteiger partial charge in [0.2, 0.25) is 5.91 Å². The van der Waals surface area contributed by atoms with Crippen LogP contribution in [0.1, 0.15) is 60.8 Å². The van der Waals surface area contributed by atoms with Gasteiger partial charge in [-0.3, -0.25) is 9.59 Å². The van der Waals surface area contributed by atoms with Crippen molar-refractivity contribution < 1.29 is 9.59 Å². The molecule has 0 bridgehead atoms. The molecule has 0 saturated carbocycles. The van der Waals surface area contributed by atoms with Gasteiger partial charge in [-0.1, -0.05) is 41.5 Å². The van der Waals surface area contributed by atoms with Gasteiger partial charge in [-0.05, 0) is 26.3 Å². The van der Waals surface area contributed by atoms with Gasteiger partial charge in [-0.25, -0.2) is 0 Å². The van der Waals surface area contributed by atoms with Crippen molar-refractivity contribution in [1.82, 2.24) is 10.6 Å². The maximum atomic E-state index is 12.2. The maximum Gasteiger partial charge on any atom is 0.225 e. The predicted molar refractivity (Wildman–Crippen MR) is 83.6 cm³/mol. The van der Waals surface area contributed by atoms with Crippen LogP contribution in [0.2, 0.25) is 0 Å². The van der Waals surface area contributed by atoms with Gasteiger partial charge in [0.15, 0.2) is 5.78 Å². The van der Waals surface area contributed by atoms with Crippen LogP contribution in [-0.2, 0) is 9.59 Å². The molecular formula is C16H32N2O2. The first-order valence-corrected chi connectivity index (χ1v) is 7.50. The van der Waals surface area contributed by atoms with Crippen LogP contribution in [0.5, 0.6) is 0 Å². The Morgan fingerprint density at radius 2 is 1.50 bits per heavy atom. The number of carbonyl (C=O) groups is 2. The number of nitrogens with one attached hydrogen (secondary N) is 2. The summed E-state index contributed by atoms with van der Waals surface area (Å²) in [6.07, 6.45) is 2.65. The SMILES string of the molecule is CNC(CCCCNC(=O)C(C)(C)C)C(=O)C(C)(C)C. The predicted octanol–water partition coefficient (Wildman–Crippen LogP) is 2.52. The van der Waals surface area contributed by atoms with Crippen LogP contribution < -0.4 is 10.6 Å². The van der Waals surface area contributed by atoms with Gasteiger partial charge in [-0.15, -0.1) is 0 Å². The van der Waals surface area contributed by atoms with E-state index < -0.39 is 0 Å². The summed E-state index contributed by atoms with van der Waals surface area (Å²) in [5, 5.41) is 6.02. The Hall–Kier alpha value is -0.900. The van der Waals surface area contributed by atoms with E-state index in [1.807, 2.05) is 48.6 Å². The molecular weight excluding hydrogens is 252 g/mol. The Labute approximate surface area is 124 Å². The summed E-state index contributed by atoms with van der Waals surface area (Å²) in [4.78, 5) is 23.8. The Balaban J connectivity index is 4.00. The van der Waals surface area contributed by atoms with Gasteiger partial charge in [0.25, 0.3) is 0 Å². The molecule has 1 amide bonds. The summed E-state index contributed by atoms with van der Waals surface area (Å²) < 4.78 is 0. The number of likely N-dealkylation sites (N-methyl/N-ethyl adjacent to an activating group) is 1. The van der Waals surface area contributed by atoms with Crippen LogP contribution in [0, 0.1) is 10.8 Å². The molecule has 0 spiro atoms. The fourth-order valence-electron chi connectivity index (χ4n) is 1.87. The monoisotopic (exact) mass is 284 g/mol. The molecule has 118 valence electrons. The molecule has 0 rings (SSSR count). The molecule has 1 unspecified atom stereocenters. The highest BCUT2D eigenvalue weighted by Gasteiger charge is 2.28. The van der Waals surface area contributed by atoms with E-state index >= 15 is 0 Å². The van der Waals surface area contributed by atoms with Crippen molar-refractivity contribution in [2.75, 3.05) is 13.6 Å². The molecule has 1 atom stereocenters. The molecule has 0 heterocycles. The largest absolute Gasteiger partial charge is 0.356 e. The quantitative estimate of drug-likeness (QED) is 0.706. The number of hydrogen-bond acceptors (Lipinski definition) is 3. The van der Waals surface area contributed by atoms with Gasteiger partial charge in [0, 0.05) is 17.4 Å². The Morgan fingerprint density at radius 3 is 1.90 bits per heavy atom. The number of rotatable bonds is 7. The number of ketones is 1. The molecule has 0 aliphatic rings. The van der Waals surface area contributed by atoms with Crippen LogP contribution in [-0.4, -0.2) is 31.3 Å². The Kier molecular flexibility index (Phi) is 7.42. The first-order chi connectivity index (χ1) is 9.00. The zero-order valence-corrected chi connectivity index (χ0v) is 14.2. The van der Waals surface area contributed by atoms with E-state index in [1.165, 1.54) is 0 Å². The lowest BCUT2D eigenvalue weighted by Crippen LogP contribution is -2.41. The second-order valence-electron chi connectivity index (χ2n) is 7.46. The molecule has 20 heavy (non-hydrogen) atoms. The minimum absolute atomic E-state index is 0.0773. The number of carbonyl (C=O) groups excluding carboxylic acids is 2. The number of amides is 1. The molecule has 0 aliphatic carbocycles. The van der Waals surface area contributed by atoms with Crippen molar-refractivity contribution in [3.05, 3.63) is 0 Å². The topological polar surface area (TPSA) is 58.2 Å². The minimum Gasteiger partial charge on any atom is -0.356 e. The fourth-order valence-corrected chi connectivity index (χ4v) is 1.87. The Morgan fingerprint density at radius 1 is 0.950 bits per heavy atom. The van der Waals surface area contributed by atoms with E-state index in [-0.39, 0.29) is 28.6 Å². The van der Waals surface area contributed by atoms with Crippen molar-refractivity contribution in [3.8, 4) is 0 Å². The van der Waals surface area contributed by atoms with Gasteiger partial charge < -0.3 is 10.6 Å². The third-order valence-electron chi connectivity index (χ3n) is 3.29. The third-order valence-corrected chi connectivity index (χ3v) is 3.29.